The summed E-state index contributed by atoms with van der Waals surface area (Å²) in [5.41, 5.74) is 2.98. The molecular weight excluding hydrogens is 348 g/mol. The molecule has 0 saturated carbocycles. The summed E-state index contributed by atoms with van der Waals surface area (Å²) >= 11 is 0. The van der Waals surface area contributed by atoms with Crippen molar-refractivity contribution in [3.05, 3.63) is 72.1 Å². The number of hydrogen-bond acceptors (Lipinski definition) is 3. The molecule has 0 spiro atoms. The molecule has 0 radical (unpaired) electrons. The van der Waals surface area contributed by atoms with Gasteiger partial charge in [0.05, 0.1) is 23.3 Å². The van der Waals surface area contributed by atoms with Crippen LogP contribution in [-0.4, -0.2) is 57.0 Å². The van der Waals surface area contributed by atoms with Crippen molar-refractivity contribution in [1.29, 1.82) is 0 Å². The molecule has 3 atom stereocenters. The van der Waals surface area contributed by atoms with Crippen LogP contribution in [0.4, 0.5) is 0 Å². The maximum Gasteiger partial charge on any atom is 0.258 e. The quantitative estimate of drug-likeness (QED) is 0.694. The Hall–Kier alpha value is -2.66. The van der Waals surface area contributed by atoms with E-state index in [1.807, 2.05) is 24.4 Å². The lowest BCUT2D eigenvalue weighted by molar-refractivity contribution is -0.00334. The van der Waals surface area contributed by atoms with Crippen LogP contribution in [0, 0.1) is 5.92 Å². The van der Waals surface area contributed by atoms with Crippen molar-refractivity contribution in [1.82, 2.24) is 19.4 Å². The van der Waals surface area contributed by atoms with E-state index in [4.69, 9.17) is 0 Å². The number of benzene rings is 1. The van der Waals surface area contributed by atoms with E-state index in [-0.39, 0.29) is 5.91 Å². The molecule has 0 aliphatic carbocycles. The van der Waals surface area contributed by atoms with Crippen LogP contribution < -0.4 is 0 Å². The maximum atomic E-state index is 13.7. The van der Waals surface area contributed by atoms with Crippen molar-refractivity contribution in [2.45, 2.75) is 30.8 Å². The first-order valence-electron chi connectivity index (χ1n) is 10.3. The molecule has 1 amide bonds. The van der Waals surface area contributed by atoms with E-state index in [0.717, 1.165) is 17.6 Å². The van der Waals surface area contributed by atoms with Gasteiger partial charge in [0.15, 0.2) is 0 Å². The van der Waals surface area contributed by atoms with Crippen molar-refractivity contribution in [3.63, 3.8) is 0 Å². The molecule has 6 heterocycles. The number of fused-ring (bicyclic) bond motifs is 3. The van der Waals surface area contributed by atoms with Gasteiger partial charge in [-0.2, -0.15) is 5.10 Å². The predicted octanol–water partition coefficient (Wildman–Crippen LogP) is 3.04. The van der Waals surface area contributed by atoms with E-state index >= 15 is 0 Å². The van der Waals surface area contributed by atoms with E-state index in [2.05, 4.69) is 45.2 Å². The predicted molar refractivity (Wildman–Crippen MR) is 107 cm³/mol. The third kappa shape index (κ3) is 2.29. The Morgan fingerprint density at radius 1 is 0.964 bits per heavy atom. The SMILES string of the molecule is O=C(c1cnn2ccccc12)N1C[C@@H](c2ccccc2)[C@@H]2[C@H]1C1CCN2CC1. The Labute approximate surface area is 164 Å². The molecule has 7 rings (SSSR count). The van der Waals surface area contributed by atoms with Gasteiger partial charge in [0.25, 0.3) is 5.91 Å². The fourth-order valence-corrected chi connectivity index (χ4v) is 5.90. The van der Waals surface area contributed by atoms with Gasteiger partial charge in [-0.1, -0.05) is 36.4 Å². The molecule has 0 N–H and O–H groups in total. The van der Waals surface area contributed by atoms with E-state index < -0.39 is 0 Å². The standard InChI is InChI=1S/C23H24N4O/c28-23(18-14-24-27-11-5-4-8-20(18)27)26-15-19(16-6-2-1-3-7-16)22-21(26)17-9-12-25(22)13-10-17/h1-8,11,14,17,19,21-22H,9-10,12-13,15H2/t19-,21+,22+/m0/s1. The van der Waals surface area contributed by atoms with Gasteiger partial charge in [0.1, 0.15) is 0 Å². The number of hydrogen-bond donors (Lipinski definition) is 0. The lowest BCUT2D eigenvalue weighted by Gasteiger charge is -2.51. The Bertz CT molecular complexity index is 1020. The minimum absolute atomic E-state index is 0.142. The molecule has 1 aromatic carbocycles. The average Bonchev–Trinajstić information content (AvgIpc) is 3.38. The van der Waals surface area contributed by atoms with Crippen LogP contribution in [0.1, 0.15) is 34.7 Å². The van der Waals surface area contributed by atoms with Gasteiger partial charge in [-0.15, -0.1) is 0 Å². The molecule has 28 heavy (non-hydrogen) atoms. The molecule has 4 fully saturated rings. The number of nitrogens with zero attached hydrogens (tertiary/aromatic N) is 4. The highest BCUT2D eigenvalue weighted by atomic mass is 16.2. The molecule has 2 bridgehead atoms. The highest BCUT2D eigenvalue weighted by Crippen LogP contribution is 2.47. The van der Waals surface area contributed by atoms with Crippen molar-refractivity contribution < 1.29 is 4.79 Å². The van der Waals surface area contributed by atoms with Crippen LogP contribution in [0.25, 0.3) is 5.52 Å². The molecule has 4 aliphatic heterocycles. The minimum atomic E-state index is 0.142. The Balaban J connectivity index is 1.42. The fourth-order valence-electron chi connectivity index (χ4n) is 5.90. The number of amides is 1. The molecular formula is C23H24N4O. The van der Waals surface area contributed by atoms with Crippen molar-refractivity contribution in [2.24, 2.45) is 5.92 Å². The first-order chi connectivity index (χ1) is 13.8. The summed E-state index contributed by atoms with van der Waals surface area (Å²) in [4.78, 5) is 18.5. The summed E-state index contributed by atoms with van der Waals surface area (Å²) in [6.07, 6.45) is 6.06. The second kappa shape index (κ2) is 6.17. The number of carbonyl (C=O) groups is 1. The van der Waals surface area contributed by atoms with Crippen molar-refractivity contribution >= 4 is 11.4 Å². The summed E-state index contributed by atoms with van der Waals surface area (Å²) in [5.74, 6) is 1.15. The molecule has 4 saturated heterocycles. The molecule has 3 aromatic rings. The topological polar surface area (TPSA) is 40.9 Å². The maximum absolute atomic E-state index is 13.7. The number of likely N-dealkylation sites (tertiary alicyclic amines) is 1. The normalized spacial score (nSPS) is 31.3. The summed E-state index contributed by atoms with van der Waals surface area (Å²) < 4.78 is 1.80. The van der Waals surface area contributed by atoms with E-state index in [0.29, 0.717) is 23.9 Å². The summed E-state index contributed by atoms with van der Waals surface area (Å²) in [7, 11) is 0. The summed E-state index contributed by atoms with van der Waals surface area (Å²) in [6.45, 7) is 3.15. The largest absolute Gasteiger partial charge is 0.333 e. The Morgan fingerprint density at radius 2 is 1.75 bits per heavy atom. The van der Waals surface area contributed by atoms with Crippen LogP contribution in [0.15, 0.2) is 60.9 Å². The second-order valence-electron chi connectivity index (χ2n) is 8.42. The van der Waals surface area contributed by atoms with Gasteiger partial charge in [-0.25, -0.2) is 4.52 Å². The molecule has 4 aliphatic rings. The van der Waals surface area contributed by atoms with Gasteiger partial charge in [0, 0.05) is 24.7 Å². The molecule has 5 heteroatoms. The molecule has 5 nitrogen and oxygen atoms in total. The van der Waals surface area contributed by atoms with Crippen LogP contribution in [-0.2, 0) is 0 Å². The number of pyridine rings is 1. The monoisotopic (exact) mass is 372 g/mol. The van der Waals surface area contributed by atoms with Crippen LogP contribution in [0.5, 0.6) is 0 Å². The van der Waals surface area contributed by atoms with E-state index in [1.165, 1.54) is 31.5 Å². The van der Waals surface area contributed by atoms with Gasteiger partial charge in [-0.05, 0) is 49.5 Å². The first-order valence-corrected chi connectivity index (χ1v) is 10.3. The van der Waals surface area contributed by atoms with Crippen molar-refractivity contribution in [3.8, 4) is 0 Å². The van der Waals surface area contributed by atoms with Crippen LogP contribution in [0.3, 0.4) is 0 Å². The van der Waals surface area contributed by atoms with Crippen molar-refractivity contribution in [2.75, 3.05) is 19.6 Å². The smallest absolute Gasteiger partial charge is 0.258 e. The van der Waals surface area contributed by atoms with E-state index in [1.54, 1.807) is 10.7 Å². The lowest BCUT2D eigenvalue weighted by atomic mass is 9.75. The van der Waals surface area contributed by atoms with Crippen LogP contribution >= 0.6 is 0 Å². The minimum Gasteiger partial charge on any atom is -0.333 e. The van der Waals surface area contributed by atoms with Gasteiger partial charge >= 0.3 is 0 Å². The third-order valence-corrected chi connectivity index (χ3v) is 7.14. The van der Waals surface area contributed by atoms with Gasteiger partial charge < -0.3 is 4.90 Å². The molecule has 2 aromatic heterocycles. The molecule has 0 unspecified atom stereocenters. The average molecular weight is 372 g/mol. The fraction of sp³-hybridized carbons (Fsp3) is 0.391. The summed E-state index contributed by atoms with van der Waals surface area (Å²) in [5, 5.41) is 4.40. The lowest BCUT2D eigenvalue weighted by Crippen LogP contribution is -2.60. The molecule has 142 valence electrons. The highest BCUT2D eigenvalue weighted by Gasteiger charge is 2.54. The number of carbonyl (C=O) groups excluding carboxylic acids is 1. The Kier molecular flexibility index (Phi) is 3.60. The zero-order valence-corrected chi connectivity index (χ0v) is 15.8. The highest BCUT2D eigenvalue weighted by molar-refractivity contribution is 6.01. The zero-order chi connectivity index (χ0) is 18.7. The first kappa shape index (κ1) is 16.3. The zero-order valence-electron chi connectivity index (χ0n) is 15.8. The van der Waals surface area contributed by atoms with Crippen LogP contribution in [0.2, 0.25) is 0 Å². The third-order valence-electron chi connectivity index (χ3n) is 7.14. The van der Waals surface area contributed by atoms with Gasteiger partial charge in [0.2, 0.25) is 0 Å². The number of rotatable bonds is 2. The second-order valence-corrected chi connectivity index (χ2v) is 8.42. The summed E-state index contributed by atoms with van der Waals surface area (Å²) in [6, 6.07) is 17.4. The Morgan fingerprint density at radius 3 is 2.57 bits per heavy atom. The van der Waals surface area contributed by atoms with Gasteiger partial charge in [-0.3, -0.25) is 9.69 Å². The van der Waals surface area contributed by atoms with E-state index in [9.17, 15) is 4.79 Å². The number of aromatic nitrogens is 2. The number of piperidine rings is 3.